The number of ether oxygens (including phenoxy) is 1. The highest BCUT2D eigenvalue weighted by Crippen LogP contribution is 2.25. The zero-order valence-corrected chi connectivity index (χ0v) is 23.2. The molecule has 0 aromatic heterocycles. The maximum atomic E-state index is 13.8. The molecule has 1 atom stereocenters. The minimum atomic E-state index is -0.720. The summed E-state index contributed by atoms with van der Waals surface area (Å²) in [5, 5.41) is 4.08. The first-order valence-electron chi connectivity index (χ1n) is 13.2. The van der Waals surface area contributed by atoms with Crippen molar-refractivity contribution in [1.82, 2.24) is 10.2 Å². The van der Waals surface area contributed by atoms with E-state index in [9.17, 15) is 9.59 Å². The third-order valence-electron chi connectivity index (χ3n) is 6.94. The maximum absolute atomic E-state index is 13.8. The minimum Gasteiger partial charge on any atom is -0.484 e. The molecule has 1 N–H and O–H groups in total. The van der Waals surface area contributed by atoms with Gasteiger partial charge in [-0.15, -0.1) is 0 Å². The number of aryl methyl sites for hydroxylation is 1. The Morgan fingerprint density at radius 3 is 2.32 bits per heavy atom. The van der Waals surface area contributed by atoms with E-state index in [1.807, 2.05) is 67.6 Å². The van der Waals surface area contributed by atoms with Gasteiger partial charge < -0.3 is 15.0 Å². The fourth-order valence-electron chi connectivity index (χ4n) is 4.80. The van der Waals surface area contributed by atoms with Gasteiger partial charge in [0.1, 0.15) is 11.8 Å². The van der Waals surface area contributed by atoms with Crippen molar-refractivity contribution >= 4 is 35.0 Å². The van der Waals surface area contributed by atoms with E-state index in [4.69, 9.17) is 27.9 Å². The molecule has 0 bridgehead atoms. The number of benzene rings is 3. The highest BCUT2D eigenvalue weighted by Gasteiger charge is 2.32. The molecule has 0 heterocycles. The van der Waals surface area contributed by atoms with Crippen LogP contribution in [0.15, 0.2) is 72.8 Å². The molecule has 1 fully saturated rings. The number of halogens is 2. The summed E-state index contributed by atoms with van der Waals surface area (Å²) in [5.74, 6) is 0.172. The van der Waals surface area contributed by atoms with E-state index in [1.165, 1.54) is 6.42 Å². The Balaban J connectivity index is 1.62. The molecule has 4 rings (SSSR count). The molecule has 5 nitrogen and oxygen atoms in total. The Morgan fingerprint density at radius 1 is 0.921 bits per heavy atom. The summed E-state index contributed by atoms with van der Waals surface area (Å²) in [6, 6.07) is 22.0. The molecule has 200 valence electrons. The normalized spacial score (nSPS) is 14.5. The zero-order valence-electron chi connectivity index (χ0n) is 21.7. The van der Waals surface area contributed by atoms with E-state index < -0.39 is 6.04 Å². The Kier molecular flexibility index (Phi) is 10.1. The molecule has 3 aromatic carbocycles. The molecule has 0 aliphatic heterocycles. The molecule has 0 spiro atoms. The monoisotopic (exact) mass is 552 g/mol. The van der Waals surface area contributed by atoms with Crippen LogP contribution in [-0.2, 0) is 22.6 Å². The predicted molar refractivity (Wildman–Crippen MR) is 153 cm³/mol. The van der Waals surface area contributed by atoms with Gasteiger partial charge >= 0.3 is 0 Å². The fourth-order valence-corrected chi connectivity index (χ4v) is 5.12. The highest BCUT2D eigenvalue weighted by atomic mass is 35.5. The molecule has 1 aliphatic rings. The van der Waals surface area contributed by atoms with Crippen LogP contribution in [0.4, 0.5) is 0 Å². The van der Waals surface area contributed by atoms with Gasteiger partial charge in [0.15, 0.2) is 6.61 Å². The number of amides is 2. The van der Waals surface area contributed by atoms with Gasteiger partial charge in [0, 0.05) is 19.0 Å². The van der Waals surface area contributed by atoms with Crippen molar-refractivity contribution in [2.45, 2.75) is 64.1 Å². The average Bonchev–Trinajstić information content (AvgIpc) is 2.93. The topological polar surface area (TPSA) is 58.6 Å². The third kappa shape index (κ3) is 7.99. The molecule has 1 aliphatic carbocycles. The van der Waals surface area contributed by atoms with Crippen molar-refractivity contribution in [2.24, 2.45) is 0 Å². The van der Waals surface area contributed by atoms with Crippen molar-refractivity contribution in [3.8, 4) is 5.75 Å². The summed E-state index contributed by atoms with van der Waals surface area (Å²) >= 11 is 12.4. The van der Waals surface area contributed by atoms with Gasteiger partial charge in [0.05, 0.1) is 10.0 Å². The summed E-state index contributed by atoms with van der Waals surface area (Å²) in [6.07, 6.45) is 5.70. The summed E-state index contributed by atoms with van der Waals surface area (Å²) in [5.41, 5.74) is 2.86. The fraction of sp³-hybridized carbons (Fsp3) is 0.355. The van der Waals surface area contributed by atoms with Gasteiger partial charge in [0.25, 0.3) is 5.91 Å². The van der Waals surface area contributed by atoms with Crippen LogP contribution in [0.2, 0.25) is 10.0 Å². The van der Waals surface area contributed by atoms with Crippen molar-refractivity contribution in [3.63, 3.8) is 0 Å². The van der Waals surface area contributed by atoms with Gasteiger partial charge in [-0.1, -0.05) is 96.6 Å². The number of hydrogen-bond donors (Lipinski definition) is 1. The van der Waals surface area contributed by atoms with Gasteiger partial charge in [-0.25, -0.2) is 0 Å². The molecule has 0 radical (unpaired) electrons. The van der Waals surface area contributed by atoms with Gasteiger partial charge in [-0.2, -0.15) is 0 Å². The van der Waals surface area contributed by atoms with Crippen LogP contribution in [0.1, 0.15) is 48.8 Å². The first kappa shape index (κ1) is 28.0. The lowest BCUT2D eigenvalue weighted by molar-refractivity contribution is -0.143. The number of carbonyl (C=O) groups is 2. The molecule has 1 saturated carbocycles. The van der Waals surface area contributed by atoms with Crippen molar-refractivity contribution < 1.29 is 14.3 Å². The van der Waals surface area contributed by atoms with Crippen molar-refractivity contribution in [1.29, 1.82) is 0 Å². The lowest BCUT2D eigenvalue weighted by atomic mass is 9.94. The van der Waals surface area contributed by atoms with E-state index in [0.29, 0.717) is 22.2 Å². The number of hydrogen-bond acceptors (Lipinski definition) is 3. The van der Waals surface area contributed by atoms with Gasteiger partial charge in [-0.3, -0.25) is 9.59 Å². The lowest BCUT2D eigenvalue weighted by Gasteiger charge is -2.33. The van der Waals surface area contributed by atoms with E-state index in [-0.39, 0.29) is 31.0 Å². The highest BCUT2D eigenvalue weighted by molar-refractivity contribution is 6.42. The largest absolute Gasteiger partial charge is 0.484 e. The molecule has 2 amide bonds. The zero-order chi connectivity index (χ0) is 26.9. The van der Waals surface area contributed by atoms with Gasteiger partial charge in [-0.05, 0) is 55.2 Å². The standard InChI is InChI=1S/C31H34Cl2N2O3/c1-22-12-15-26(16-13-22)38-21-30(36)35(20-24-14-17-27(32)28(33)18-24)29(19-23-8-4-2-5-9-23)31(37)34-25-10-6-3-7-11-25/h2,4-5,8-9,12-18,25,29H,3,6-7,10-11,19-21H2,1H3,(H,34,37)/t29-/m1/s1. The quantitative estimate of drug-likeness (QED) is 0.302. The van der Waals surface area contributed by atoms with E-state index >= 15 is 0 Å². The van der Waals surface area contributed by atoms with Gasteiger partial charge in [0.2, 0.25) is 5.91 Å². The van der Waals surface area contributed by atoms with Crippen molar-refractivity contribution in [3.05, 3.63) is 99.5 Å². The van der Waals surface area contributed by atoms with E-state index in [1.54, 1.807) is 17.0 Å². The average molecular weight is 554 g/mol. The van der Waals surface area contributed by atoms with Crippen LogP contribution in [0.25, 0.3) is 0 Å². The number of carbonyl (C=O) groups excluding carboxylic acids is 2. The van der Waals surface area contributed by atoms with Crippen molar-refractivity contribution in [2.75, 3.05) is 6.61 Å². The third-order valence-corrected chi connectivity index (χ3v) is 7.68. The molecular weight excluding hydrogens is 519 g/mol. The predicted octanol–water partition coefficient (Wildman–Crippen LogP) is 6.77. The van der Waals surface area contributed by atoms with Crippen LogP contribution in [0.5, 0.6) is 5.75 Å². The Labute approximate surface area is 235 Å². The summed E-state index contributed by atoms with van der Waals surface area (Å²) in [4.78, 5) is 29.1. The first-order valence-corrected chi connectivity index (χ1v) is 13.9. The van der Waals surface area contributed by atoms with Crippen LogP contribution in [0, 0.1) is 6.92 Å². The van der Waals surface area contributed by atoms with Crippen LogP contribution in [0.3, 0.4) is 0 Å². The van der Waals surface area contributed by atoms with Crippen LogP contribution in [-0.4, -0.2) is 35.4 Å². The second-order valence-electron chi connectivity index (χ2n) is 9.92. The molecular formula is C31H34Cl2N2O3. The molecule has 7 heteroatoms. The SMILES string of the molecule is Cc1ccc(OCC(=O)N(Cc2ccc(Cl)c(Cl)c2)[C@H](Cc2ccccc2)C(=O)NC2CCCCC2)cc1. The first-order chi connectivity index (χ1) is 18.4. The minimum absolute atomic E-state index is 0.125. The molecule has 38 heavy (non-hydrogen) atoms. The lowest BCUT2D eigenvalue weighted by Crippen LogP contribution is -2.53. The second kappa shape index (κ2) is 13.7. The van der Waals surface area contributed by atoms with E-state index in [2.05, 4.69) is 5.32 Å². The maximum Gasteiger partial charge on any atom is 0.261 e. The Hall–Kier alpha value is -3.02. The number of nitrogens with zero attached hydrogens (tertiary/aromatic N) is 1. The van der Waals surface area contributed by atoms with Crippen LogP contribution >= 0.6 is 23.2 Å². The number of rotatable bonds is 10. The van der Waals surface area contributed by atoms with Crippen LogP contribution < -0.4 is 10.1 Å². The number of nitrogens with one attached hydrogen (secondary N) is 1. The second-order valence-corrected chi connectivity index (χ2v) is 10.7. The van der Waals surface area contributed by atoms with E-state index in [0.717, 1.165) is 42.4 Å². The summed E-state index contributed by atoms with van der Waals surface area (Å²) in [7, 11) is 0. The Bertz CT molecular complexity index is 1210. The molecule has 0 saturated heterocycles. The summed E-state index contributed by atoms with van der Waals surface area (Å²) < 4.78 is 5.84. The Morgan fingerprint density at radius 2 is 1.63 bits per heavy atom. The molecule has 0 unspecified atom stereocenters. The smallest absolute Gasteiger partial charge is 0.261 e. The molecule has 3 aromatic rings. The summed E-state index contributed by atoms with van der Waals surface area (Å²) in [6.45, 7) is 2.00.